The van der Waals surface area contributed by atoms with E-state index in [1.54, 1.807) is 12.7 Å². The Labute approximate surface area is 162 Å². The first-order valence-corrected chi connectivity index (χ1v) is 10.0. The summed E-state index contributed by atoms with van der Waals surface area (Å²) in [4.78, 5) is 18.5. The molecule has 4 heterocycles. The molecule has 0 N–H and O–H groups in total. The largest absolute Gasteiger partial charge is 0.448 e. The molecule has 2 saturated heterocycles. The Bertz CT molecular complexity index is 780. The van der Waals surface area contributed by atoms with Gasteiger partial charge < -0.3 is 9.32 Å². The molecular formula is C21H31N5O. The zero-order valence-electron chi connectivity index (χ0n) is 17.1. The van der Waals surface area contributed by atoms with Gasteiger partial charge in [-0.15, -0.1) is 0 Å². The van der Waals surface area contributed by atoms with Crippen molar-refractivity contribution in [3.8, 4) is 0 Å². The van der Waals surface area contributed by atoms with Crippen LogP contribution < -0.4 is 4.90 Å². The highest BCUT2D eigenvalue weighted by atomic mass is 16.3. The molecule has 2 unspecified atom stereocenters. The van der Waals surface area contributed by atoms with Gasteiger partial charge in [-0.25, -0.2) is 15.0 Å². The fraction of sp³-hybridized carbons (Fsp3) is 0.667. The van der Waals surface area contributed by atoms with Crippen LogP contribution in [0.1, 0.15) is 57.7 Å². The van der Waals surface area contributed by atoms with Crippen LogP contribution in [0.5, 0.6) is 0 Å². The van der Waals surface area contributed by atoms with E-state index in [2.05, 4.69) is 65.4 Å². The van der Waals surface area contributed by atoms with Crippen LogP contribution in [0.4, 0.5) is 5.82 Å². The Kier molecular flexibility index (Phi) is 4.70. The number of oxazole rings is 1. The Morgan fingerprint density at radius 3 is 2.41 bits per heavy atom. The summed E-state index contributed by atoms with van der Waals surface area (Å²) >= 11 is 0. The van der Waals surface area contributed by atoms with Crippen molar-refractivity contribution in [2.24, 2.45) is 11.8 Å². The molecule has 4 rings (SSSR count). The van der Waals surface area contributed by atoms with Gasteiger partial charge in [-0.05, 0) is 11.8 Å². The Morgan fingerprint density at radius 2 is 1.78 bits per heavy atom. The highest BCUT2D eigenvalue weighted by molar-refractivity contribution is 5.42. The van der Waals surface area contributed by atoms with Gasteiger partial charge in [0, 0.05) is 50.1 Å². The smallest absolute Gasteiger partial charge is 0.181 e. The van der Waals surface area contributed by atoms with Crippen molar-refractivity contribution < 1.29 is 4.42 Å². The molecule has 0 radical (unpaired) electrons. The second kappa shape index (κ2) is 6.89. The summed E-state index contributed by atoms with van der Waals surface area (Å²) in [7, 11) is 0. The van der Waals surface area contributed by atoms with Gasteiger partial charge in [-0.1, -0.05) is 34.6 Å². The van der Waals surface area contributed by atoms with E-state index in [-0.39, 0.29) is 5.41 Å². The van der Waals surface area contributed by atoms with E-state index in [0.717, 1.165) is 55.7 Å². The summed E-state index contributed by atoms with van der Waals surface area (Å²) < 4.78 is 5.58. The summed E-state index contributed by atoms with van der Waals surface area (Å²) in [5.74, 6) is 3.90. The van der Waals surface area contributed by atoms with Crippen LogP contribution in [0.2, 0.25) is 0 Å². The first-order chi connectivity index (χ1) is 12.8. The monoisotopic (exact) mass is 369 g/mol. The van der Waals surface area contributed by atoms with Gasteiger partial charge in [0.15, 0.2) is 6.39 Å². The Hall–Kier alpha value is -1.95. The lowest BCUT2D eigenvalue weighted by molar-refractivity contribution is 0.302. The Balaban J connectivity index is 1.39. The topological polar surface area (TPSA) is 58.3 Å². The van der Waals surface area contributed by atoms with Crippen molar-refractivity contribution in [3.63, 3.8) is 0 Å². The van der Waals surface area contributed by atoms with E-state index in [0.29, 0.717) is 17.8 Å². The molecule has 0 spiro atoms. The van der Waals surface area contributed by atoms with Gasteiger partial charge >= 0.3 is 0 Å². The molecule has 0 amide bonds. The first kappa shape index (κ1) is 18.4. The van der Waals surface area contributed by atoms with Crippen molar-refractivity contribution in [1.82, 2.24) is 19.9 Å². The summed E-state index contributed by atoms with van der Waals surface area (Å²) in [6.45, 7) is 16.2. The van der Waals surface area contributed by atoms with Crippen LogP contribution in [-0.2, 0) is 12.0 Å². The van der Waals surface area contributed by atoms with Crippen molar-refractivity contribution >= 4 is 5.82 Å². The average Bonchev–Trinajstić information content (AvgIpc) is 3.29. The van der Waals surface area contributed by atoms with Gasteiger partial charge in [0.2, 0.25) is 0 Å². The number of fused-ring (bicyclic) bond motifs is 1. The molecule has 0 bridgehead atoms. The fourth-order valence-electron chi connectivity index (χ4n) is 4.41. The number of nitrogens with zero attached hydrogens (tertiary/aromatic N) is 5. The molecule has 2 aliphatic heterocycles. The predicted octanol–water partition coefficient (Wildman–Crippen LogP) is 3.45. The van der Waals surface area contributed by atoms with E-state index < -0.39 is 0 Å². The predicted molar refractivity (Wildman–Crippen MR) is 106 cm³/mol. The van der Waals surface area contributed by atoms with Crippen LogP contribution in [0, 0.1) is 11.8 Å². The van der Waals surface area contributed by atoms with Crippen LogP contribution in [0.15, 0.2) is 23.2 Å². The molecule has 2 aromatic rings. The number of anilines is 1. The molecule has 2 aliphatic rings. The molecule has 6 heteroatoms. The third-order valence-corrected chi connectivity index (χ3v) is 5.88. The van der Waals surface area contributed by atoms with E-state index in [1.165, 1.54) is 0 Å². The zero-order chi connectivity index (χ0) is 19.2. The molecule has 27 heavy (non-hydrogen) atoms. The van der Waals surface area contributed by atoms with Crippen molar-refractivity contribution in [3.05, 3.63) is 35.9 Å². The molecule has 0 aliphatic carbocycles. The molecule has 0 saturated carbocycles. The second-order valence-corrected chi connectivity index (χ2v) is 9.45. The first-order valence-electron chi connectivity index (χ1n) is 10.0. The molecule has 0 aromatic carbocycles. The second-order valence-electron chi connectivity index (χ2n) is 9.45. The molecule has 2 aromatic heterocycles. The number of aromatic nitrogens is 3. The highest BCUT2D eigenvalue weighted by Crippen LogP contribution is 2.35. The number of hydrogen-bond acceptors (Lipinski definition) is 6. The van der Waals surface area contributed by atoms with Crippen LogP contribution >= 0.6 is 0 Å². The van der Waals surface area contributed by atoms with Gasteiger partial charge in [-0.2, -0.15) is 0 Å². The standard InChI is InChI=1S/C21H31N5O/c1-14(2)20-17(24-13-27-20)11-25-7-15-9-26(10-16(15)8-25)19-6-18(21(3,4)5)22-12-23-19/h6,12-16H,7-11H2,1-5H3. The number of hydrogen-bond donors (Lipinski definition) is 0. The minimum atomic E-state index is 0.0514. The maximum atomic E-state index is 5.58. The van der Waals surface area contributed by atoms with E-state index in [1.807, 2.05) is 0 Å². The SMILES string of the molecule is CC(C)c1ocnc1CN1CC2CN(c3cc(C(C)(C)C)ncn3)CC2C1. The summed E-state index contributed by atoms with van der Waals surface area (Å²) in [6.07, 6.45) is 3.31. The lowest BCUT2D eigenvalue weighted by atomic mass is 9.92. The summed E-state index contributed by atoms with van der Waals surface area (Å²) in [5, 5.41) is 0. The van der Waals surface area contributed by atoms with E-state index in [4.69, 9.17) is 4.42 Å². The zero-order valence-corrected chi connectivity index (χ0v) is 17.1. The normalized spacial score (nSPS) is 23.4. The number of likely N-dealkylation sites (tertiary alicyclic amines) is 1. The van der Waals surface area contributed by atoms with Crippen molar-refractivity contribution in [1.29, 1.82) is 0 Å². The molecule has 146 valence electrons. The average molecular weight is 370 g/mol. The van der Waals surface area contributed by atoms with E-state index >= 15 is 0 Å². The lowest BCUT2D eigenvalue weighted by Gasteiger charge is -2.24. The quantitative estimate of drug-likeness (QED) is 0.823. The summed E-state index contributed by atoms with van der Waals surface area (Å²) in [6, 6.07) is 2.17. The van der Waals surface area contributed by atoms with Crippen molar-refractivity contribution in [2.75, 3.05) is 31.1 Å². The van der Waals surface area contributed by atoms with Crippen LogP contribution in [0.25, 0.3) is 0 Å². The third kappa shape index (κ3) is 3.72. The Morgan fingerprint density at radius 1 is 1.07 bits per heavy atom. The minimum absolute atomic E-state index is 0.0514. The highest BCUT2D eigenvalue weighted by Gasteiger charge is 2.40. The molecule has 6 nitrogen and oxygen atoms in total. The molecule has 2 fully saturated rings. The lowest BCUT2D eigenvalue weighted by Crippen LogP contribution is -2.29. The van der Waals surface area contributed by atoms with E-state index in [9.17, 15) is 0 Å². The number of rotatable bonds is 4. The van der Waals surface area contributed by atoms with Gasteiger partial charge in [-0.3, -0.25) is 4.90 Å². The van der Waals surface area contributed by atoms with Gasteiger partial charge in [0.25, 0.3) is 0 Å². The maximum absolute atomic E-state index is 5.58. The van der Waals surface area contributed by atoms with Gasteiger partial charge in [0.1, 0.15) is 17.9 Å². The maximum Gasteiger partial charge on any atom is 0.181 e. The van der Waals surface area contributed by atoms with Gasteiger partial charge in [0.05, 0.1) is 11.4 Å². The molecule has 2 atom stereocenters. The van der Waals surface area contributed by atoms with Crippen LogP contribution in [0.3, 0.4) is 0 Å². The van der Waals surface area contributed by atoms with Crippen molar-refractivity contribution in [2.45, 2.75) is 52.5 Å². The third-order valence-electron chi connectivity index (χ3n) is 5.88. The molecular weight excluding hydrogens is 338 g/mol. The van der Waals surface area contributed by atoms with Crippen LogP contribution in [-0.4, -0.2) is 46.0 Å². The fourth-order valence-corrected chi connectivity index (χ4v) is 4.41. The summed E-state index contributed by atoms with van der Waals surface area (Å²) in [5.41, 5.74) is 2.27. The minimum Gasteiger partial charge on any atom is -0.448 e.